The minimum absolute atomic E-state index is 0.342. The molecule has 0 fully saturated rings. The van der Waals surface area contributed by atoms with Crippen molar-refractivity contribution < 1.29 is 9.90 Å². The van der Waals surface area contributed by atoms with Crippen molar-refractivity contribution in [1.82, 2.24) is 5.32 Å². The molecule has 0 saturated heterocycles. The summed E-state index contributed by atoms with van der Waals surface area (Å²) in [5.41, 5.74) is 11.8. The second kappa shape index (κ2) is 10.2. The molecule has 154 valence electrons. The molecule has 5 heteroatoms. The predicted octanol–water partition coefficient (Wildman–Crippen LogP) is 4.42. The van der Waals surface area contributed by atoms with Crippen LogP contribution in [0.15, 0.2) is 66.7 Å². The van der Waals surface area contributed by atoms with Gasteiger partial charge >= 0.3 is 0 Å². The number of aliphatic hydroxyl groups is 1. The molecule has 0 bridgehead atoms. The summed E-state index contributed by atoms with van der Waals surface area (Å²) in [6, 6.07) is 21.5. The SMILES string of the molecule is Cc1c(/C=C/c2ccc(CNC(CO)C(N)=O)cc2Cl)cccc1-c1ccccc1. The first kappa shape index (κ1) is 21.8. The summed E-state index contributed by atoms with van der Waals surface area (Å²) in [6.07, 6.45) is 4.06. The molecular weight excluding hydrogens is 396 g/mol. The van der Waals surface area contributed by atoms with Crippen molar-refractivity contribution in [2.24, 2.45) is 5.73 Å². The molecule has 0 aromatic heterocycles. The smallest absolute Gasteiger partial charge is 0.236 e. The van der Waals surface area contributed by atoms with Gasteiger partial charge in [0.1, 0.15) is 6.04 Å². The lowest BCUT2D eigenvalue weighted by Gasteiger charge is -2.13. The highest BCUT2D eigenvalue weighted by molar-refractivity contribution is 6.32. The van der Waals surface area contributed by atoms with Crippen molar-refractivity contribution in [2.45, 2.75) is 19.5 Å². The van der Waals surface area contributed by atoms with E-state index in [9.17, 15) is 4.79 Å². The third kappa shape index (κ3) is 5.36. The predicted molar refractivity (Wildman–Crippen MR) is 124 cm³/mol. The molecule has 0 radical (unpaired) electrons. The van der Waals surface area contributed by atoms with E-state index in [-0.39, 0.29) is 6.61 Å². The Kier molecular flexibility index (Phi) is 7.41. The van der Waals surface area contributed by atoms with E-state index in [1.807, 2.05) is 42.5 Å². The first-order chi connectivity index (χ1) is 14.5. The number of carbonyl (C=O) groups is 1. The van der Waals surface area contributed by atoms with Crippen LogP contribution >= 0.6 is 11.6 Å². The maximum Gasteiger partial charge on any atom is 0.236 e. The zero-order valence-electron chi connectivity index (χ0n) is 16.8. The average molecular weight is 421 g/mol. The molecule has 0 aliphatic rings. The van der Waals surface area contributed by atoms with Crippen LogP contribution in [0.3, 0.4) is 0 Å². The fourth-order valence-electron chi connectivity index (χ4n) is 3.26. The number of primary amides is 1. The number of hydrogen-bond donors (Lipinski definition) is 3. The first-order valence-corrected chi connectivity index (χ1v) is 10.1. The molecular formula is C25H25ClN2O2. The van der Waals surface area contributed by atoms with Gasteiger partial charge in [-0.15, -0.1) is 0 Å². The molecule has 4 N–H and O–H groups in total. The van der Waals surface area contributed by atoms with Crippen LogP contribution < -0.4 is 11.1 Å². The van der Waals surface area contributed by atoms with E-state index < -0.39 is 11.9 Å². The summed E-state index contributed by atoms with van der Waals surface area (Å²) >= 11 is 6.45. The number of halogens is 1. The average Bonchev–Trinajstić information content (AvgIpc) is 2.75. The van der Waals surface area contributed by atoms with Crippen LogP contribution in [0.1, 0.15) is 22.3 Å². The largest absolute Gasteiger partial charge is 0.394 e. The monoisotopic (exact) mass is 420 g/mol. The molecule has 4 nitrogen and oxygen atoms in total. The number of amides is 1. The van der Waals surface area contributed by atoms with Crippen molar-refractivity contribution >= 4 is 29.7 Å². The van der Waals surface area contributed by atoms with Gasteiger partial charge in [0.05, 0.1) is 6.61 Å². The highest BCUT2D eigenvalue weighted by Gasteiger charge is 2.13. The van der Waals surface area contributed by atoms with Crippen LogP contribution in [-0.4, -0.2) is 23.7 Å². The lowest BCUT2D eigenvalue weighted by Crippen LogP contribution is -2.43. The Labute approximate surface area is 182 Å². The third-order valence-corrected chi connectivity index (χ3v) is 5.37. The minimum Gasteiger partial charge on any atom is -0.394 e. The molecule has 3 aromatic carbocycles. The second-order valence-electron chi connectivity index (χ2n) is 7.09. The van der Waals surface area contributed by atoms with Crippen molar-refractivity contribution in [2.75, 3.05) is 6.61 Å². The summed E-state index contributed by atoms with van der Waals surface area (Å²) in [5, 5.41) is 12.7. The highest BCUT2D eigenvalue weighted by Crippen LogP contribution is 2.27. The van der Waals surface area contributed by atoms with E-state index >= 15 is 0 Å². The number of benzene rings is 3. The number of nitrogens with one attached hydrogen (secondary N) is 1. The fourth-order valence-corrected chi connectivity index (χ4v) is 3.52. The van der Waals surface area contributed by atoms with Crippen LogP contribution in [0.5, 0.6) is 0 Å². The maximum atomic E-state index is 11.2. The van der Waals surface area contributed by atoms with E-state index in [2.05, 4.69) is 48.6 Å². The first-order valence-electron chi connectivity index (χ1n) is 9.74. The Morgan fingerprint density at radius 2 is 1.80 bits per heavy atom. The number of hydrogen-bond acceptors (Lipinski definition) is 3. The van der Waals surface area contributed by atoms with Gasteiger partial charge in [0, 0.05) is 11.6 Å². The number of carbonyl (C=O) groups excluding carboxylic acids is 1. The summed E-state index contributed by atoms with van der Waals surface area (Å²) < 4.78 is 0. The van der Waals surface area contributed by atoms with Gasteiger partial charge in [0.15, 0.2) is 0 Å². The summed E-state index contributed by atoms with van der Waals surface area (Å²) in [5.74, 6) is -0.587. The number of nitrogens with two attached hydrogens (primary N) is 1. The second-order valence-corrected chi connectivity index (χ2v) is 7.50. The van der Waals surface area contributed by atoms with Gasteiger partial charge < -0.3 is 10.8 Å². The van der Waals surface area contributed by atoms with Crippen LogP contribution in [0.4, 0.5) is 0 Å². The molecule has 1 unspecified atom stereocenters. The van der Waals surface area contributed by atoms with Crippen LogP contribution in [0.25, 0.3) is 23.3 Å². The fraction of sp³-hybridized carbons (Fsp3) is 0.160. The van der Waals surface area contributed by atoms with E-state index in [4.69, 9.17) is 22.4 Å². The van der Waals surface area contributed by atoms with Crippen LogP contribution in [-0.2, 0) is 11.3 Å². The number of aliphatic hydroxyl groups excluding tert-OH is 1. The van der Waals surface area contributed by atoms with Gasteiger partial charge in [-0.05, 0) is 46.4 Å². The van der Waals surface area contributed by atoms with E-state index in [1.165, 1.54) is 16.7 Å². The van der Waals surface area contributed by atoms with Crippen molar-refractivity contribution in [3.63, 3.8) is 0 Å². The molecule has 0 aliphatic heterocycles. The third-order valence-electron chi connectivity index (χ3n) is 5.05. The molecule has 30 heavy (non-hydrogen) atoms. The normalized spacial score (nSPS) is 12.2. The summed E-state index contributed by atoms with van der Waals surface area (Å²) in [6.45, 7) is 2.16. The topological polar surface area (TPSA) is 75.3 Å². The Bertz CT molecular complexity index is 1050. The van der Waals surface area contributed by atoms with Crippen LogP contribution in [0.2, 0.25) is 5.02 Å². The van der Waals surface area contributed by atoms with Gasteiger partial charge in [-0.3, -0.25) is 10.1 Å². The Morgan fingerprint density at radius 1 is 1.07 bits per heavy atom. The summed E-state index contributed by atoms with van der Waals surface area (Å²) in [4.78, 5) is 11.2. The molecule has 1 amide bonds. The van der Waals surface area contributed by atoms with Gasteiger partial charge in [0.2, 0.25) is 5.91 Å². The van der Waals surface area contributed by atoms with Crippen molar-refractivity contribution in [1.29, 1.82) is 0 Å². The minimum atomic E-state index is -0.775. The lowest BCUT2D eigenvalue weighted by atomic mass is 9.96. The van der Waals surface area contributed by atoms with Crippen molar-refractivity contribution in [3.05, 3.63) is 94.0 Å². The van der Waals surface area contributed by atoms with E-state index in [0.717, 1.165) is 16.7 Å². The maximum absolute atomic E-state index is 11.2. The quantitative estimate of drug-likeness (QED) is 0.472. The zero-order valence-corrected chi connectivity index (χ0v) is 17.6. The van der Waals surface area contributed by atoms with Crippen LogP contribution in [0, 0.1) is 6.92 Å². The molecule has 0 saturated carbocycles. The lowest BCUT2D eigenvalue weighted by molar-refractivity contribution is -0.120. The van der Waals surface area contributed by atoms with Gasteiger partial charge in [0.25, 0.3) is 0 Å². The Balaban J connectivity index is 1.76. The highest BCUT2D eigenvalue weighted by atomic mass is 35.5. The van der Waals surface area contributed by atoms with E-state index in [0.29, 0.717) is 11.6 Å². The Morgan fingerprint density at radius 3 is 2.47 bits per heavy atom. The molecule has 1 atom stereocenters. The zero-order chi connectivity index (χ0) is 21.5. The standard InChI is InChI=1S/C25H25ClN2O2/c1-17-19(8-5-9-22(17)20-6-3-2-4-7-20)12-13-21-11-10-18(14-23(21)26)15-28-24(16-29)25(27)30/h2-14,24,28-29H,15-16H2,1H3,(H2,27,30)/b13-12+. The molecule has 3 aromatic rings. The van der Waals surface area contributed by atoms with Gasteiger partial charge in [-0.2, -0.15) is 0 Å². The summed E-state index contributed by atoms with van der Waals surface area (Å²) in [7, 11) is 0. The molecule has 3 rings (SSSR count). The van der Waals surface area contributed by atoms with Crippen molar-refractivity contribution in [3.8, 4) is 11.1 Å². The number of rotatable bonds is 8. The molecule has 0 spiro atoms. The Hall–Kier alpha value is -2.92. The van der Waals surface area contributed by atoms with E-state index in [1.54, 1.807) is 0 Å². The van der Waals surface area contributed by atoms with Gasteiger partial charge in [-0.1, -0.05) is 84.4 Å². The van der Waals surface area contributed by atoms with Gasteiger partial charge in [-0.25, -0.2) is 0 Å². The molecule has 0 heterocycles. The molecule has 0 aliphatic carbocycles.